The van der Waals surface area contributed by atoms with E-state index in [4.69, 9.17) is 0 Å². The lowest BCUT2D eigenvalue weighted by Gasteiger charge is -2.33. The molecule has 5 atom stereocenters. The van der Waals surface area contributed by atoms with Crippen LogP contribution in [0.25, 0.3) is 0 Å². The first kappa shape index (κ1) is 38.3. The number of nitrogens with zero attached hydrogens (tertiary/aromatic N) is 3. The van der Waals surface area contributed by atoms with E-state index in [9.17, 15) is 24.6 Å². The molecular formula is C36H55N5O5S. The van der Waals surface area contributed by atoms with Gasteiger partial charge in [-0.3, -0.25) is 14.4 Å². The summed E-state index contributed by atoms with van der Waals surface area (Å²) in [5.74, 6) is -1.39. The van der Waals surface area contributed by atoms with E-state index in [1.165, 1.54) is 17.8 Å². The molecule has 10 nitrogen and oxygen atoms in total. The molecule has 3 rings (SSSR count). The molecule has 0 unspecified atom stereocenters. The Bertz CT molecular complexity index is 1250. The Kier molecular flexibility index (Phi) is 16.0. The van der Waals surface area contributed by atoms with Crippen LogP contribution in [0.3, 0.4) is 0 Å². The third-order valence-electron chi connectivity index (χ3n) is 8.96. The van der Waals surface area contributed by atoms with Crippen LogP contribution in [0.1, 0.15) is 69.5 Å². The first-order valence-corrected chi connectivity index (χ1v) is 17.8. The highest BCUT2D eigenvalue weighted by Gasteiger charge is 2.34. The van der Waals surface area contributed by atoms with Crippen LogP contribution in [-0.2, 0) is 27.2 Å². The summed E-state index contributed by atoms with van der Waals surface area (Å²) in [7, 11) is 5.62. The zero-order valence-electron chi connectivity index (χ0n) is 28.6. The number of hydrogen-bond acceptors (Lipinski definition) is 8. The number of aromatic nitrogens is 1. The molecule has 1 saturated carbocycles. The van der Waals surface area contributed by atoms with Crippen LogP contribution in [0.15, 0.2) is 53.4 Å². The van der Waals surface area contributed by atoms with Gasteiger partial charge in [0, 0.05) is 38.4 Å². The number of rotatable bonds is 19. The number of aliphatic hydroxyl groups is 2. The van der Waals surface area contributed by atoms with Crippen molar-refractivity contribution in [2.45, 2.75) is 95.4 Å². The Balaban J connectivity index is 1.83. The highest BCUT2D eigenvalue weighted by atomic mass is 32.1. The number of aliphatic hydroxyl groups excluding tert-OH is 2. The fourth-order valence-electron chi connectivity index (χ4n) is 6.14. The topological polar surface area (TPSA) is 135 Å². The number of thiazole rings is 1. The first-order valence-electron chi connectivity index (χ1n) is 16.8. The zero-order valence-corrected chi connectivity index (χ0v) is 29.4. The van der Waals surface area contributed by atoms with Crippen molar-refractivity contribution in [2.24, 2.45) is 11.8 Å². The Morgan fingerprint density at radius 2 is 1.68 bits per heavy atom. The Morgan fingerprint density at radius 1 is 0.979 bits per heavy atom. The molecule has 1 aliphatic rings. The third kappa shape index (κ3) is 13.5. The molecule has 1 aliphatic carbocycles. The second-order valence-electron chi connectivity index (χ2n) is 13.5. The van der Waals surface area contributed by atoms with Gasteiger partial charge in [-0.25, -0.2) is 4.98 Å². The molecule has 4 N–H and O–H groups in total. The van der Waals surface area contributed by atoms with Crippen LogP contribution in [0.2, 0.25) is 0 Å². The summed E-state index contributed by atoms with van der Waals surface area (Å²) < 4.78 is 0. The van der Waals surface area contributed by atoms with E-state index in [0.29, 0.717) is 37.5 Å². The van der Waals surface area contributed by atoms with Crippen LogP contribution >= 0.6 is 11.3 Å². The van der Waals surface area contributed by atoms with Crippen LogP contribution in [0.5, 0.6) is 0 Å². The zero-order chi connectivity index (χ0) is 34.3. The van der Waals surface area contributed by atoms with Crippen LogP contribution < -0.4 is 10.6 Å². The van der Waals surface area contributed by atoms with Gasteiger partial charge >= 0.3 is 0 Å². The predicted octanol–water partition coefficient (Wildman–Crippen LogP) is 3.58. The molecule has 1 heterocycles. The Hall–Kier alpha value is -3.12. The fraction of sp³-hybridized carbons (Fsp3) is 0.611. The maximum atomic E-state index is 14.0. The molecule has 1 fully saturated rings. The summed E-state index contributed by atoms with van der Waals surface area (Å²) in [4.78, 5) is 49.3. The highest BCUT2D eigenvalue weighted by Crippen LogP contribution is 2.29. The van der Waals surface area contributed by atoms with Gasteiger partial charge in [-0.1, -0.05) is 68.0 Å². The van der Waals surface area contributed by atoms with Gasteiger partial charge < -0.3 is 30.6 Å². The lowest BCUT2D eigenvalue weighted by Crippen LogP contribution is -2.56. The molecule has 0 saturated heterocycles. The molecular weight excluding hydrogens is 614 g/mol. The Morgan fingerprint density at radius 3 is 2.30 bits per heavy atom. The lowest BCUT2D eigenvalue weighted by atomic mass is 9.82. The van der Waals surface area contributed by atoms with Crippen molar-refractivity contribution in [3.05, 3.63) is 64.6 Å². The summed E-state index contributed by atoms with van der Waals surface area (Å²) in [5, 5.41) is 29.9. The second kappa shape index (κ2) is 19.6. The molecule has 11 heteroatoms. The van der Waals surface area contributed by atoms with Gasteiger partial charge in [-0.05, 0) is 51.8 Å². The van der Waals surface area contributed by atoms with Crippen molar-refractivity contribution in [2.75, 3.05) is 34.2 Å². The summed E-state index contributed by atoms with van der Waals surface area (Å²) in [5.41, 5.74) is 3.98. The molecule has 2 aromatic rings. The minimum atomic E-state index is -1.20. The summed E-state index contributed by atoms with van der Waals surface area (Å²) >= 11 is 1.40. The largest absolute Gasteiger partial charge is 0.390 e. The van der Waals surface area contributed by atoms with Gasteiger partial charge in [0.05, 0.1) is 29.3 Å². The molecule has 3 amide bonds. The van der Waals surface area contributed by atoms with Crippen molar-refractivity contribution >= 4 is 29.1 Å². The quantitative estimate of drug-likeness (QED) is 0.168. The normalized spacial score (nSPS) is 16.9. The summed E-state index contributed by atoms with van der Waals surface area (Å²) in [6.45, 7) is 6.89. The van der Waals surface area contributed by atoms with Crippen molar-refractivity contribution < 1.29 is 24.6 Å². The second-order valence-corrected chi connectivity index (χ2v) is 14.2. The van der Waals surface area contributed by atoms with Gasteiger partial charge in [0.1, 0.15) is 12.1 Å². The molecule has 1 aromatic carbocycles. The van der Waals surface area contributed by atoms with Crippen molar-refractivity contribution in [1.29, 1.82) is 0 Å². The third-order valence-corrected chi connectivity index (χ3v) is 9.59. The number of carbonyl (C=O) groups excluding carboxylic acids is 3. The van der Waals surface area contributed by atoms with Crippen LogP contribution in [0.4, 0.5) is 0 Å². The van der Waals surface area contributed by atoms with E-state index in [1.807, 2.05) is 54.7 Å². The number of nitrogens with one attached hydrogen (secondary N) is 2. The molecule has 1 aromatic heterocycles. The summed E-state index contributed by atoms with van der Waals surface area (Å²) in [6, 6.07) is 7.84. The molecule has 0 spiro atoms. The van der Waals surface area contributed by atoms with E-state index < -0.39 is 42.0 Å². The van der Waals surface area contributed by atoms with E-state index in [2.05, 4.69) is 22.2 Å². The minimum absolute atomic E-state index is 0.00812. The number of likely N-dealkylation sites (N-methyl/N-ethyl adjacent to an activating group) is 2. The molecule has 0 aliphatic heterocycles. The average molecular weight is 670 g/mol. The van der Waals surface area contributed by atoms with Gasteiger partial charge in [0.2, 0.25) is 17.7 Å². The van der Waals surface area contributed by atoms with Crippen molar-refractivity contribution in [1.82, 2.24) is 25.4 Å². The van der Waals surface area contributed by atoms with E-state index in [0.717, 1.165) is 36.8 Å². The SMILES string of the molecule is C=C(C)C[C@H](O)[C@H](O)[C@H](CC1CCCCC1)NC(=O)[C@H](Cc1cscn1)NC(=O)[C@@H](CC(=O)N(C)CCN(C)C)Cc1ccccc1. The van der Waals surface area contributed by atoms with Crippen molar-refractivity contribution in [3.8, 4) is 0 Å². The molecule has 0 bridgehead atoms. The van der Waals surface area contributed by atoms with E-state index >= 15 is 0 Å². The monoisotopic (exact) mass is 669 g/mol. The fourth-order valence-corrected chi connectivity index (χ4v) is 6.71. The summed E-state index contributed by atoms with van der Waals surface area (Å²) in [6.07, 6.45) is 4.33. The van der Waals surface area contributed by atoms with Crippen molar-refractivity contribution in [3.63, 3.8) is 0 Å². The first-order chi connectivity index (χ1) is 22.4. The maximum absolute atomic E-state index is 14.0. The predicted molar refractivity (Wildman–Crippen MR) is 187 cm³/mol. The average Bonchev–Trinajstić information content (AvgIpc) is 3.56. The number of carbonyl (C=O) groups is 3. The van der Waals surface area contributed by atoms with Gasteiger partial charge in [0.15, 0.2) is 0 Å². The smallest absolute Gasteiger partial charge is 0.243 e. The maximum Gasteiger partial charge on any atom is 0.243 e. The lowest BCUT2D eigenvalue weighted by molar-refractivity contribution is -0.137. The molecule has 0 radical (unpaired) electrons. The van der Waals surface area contributed by atoms with Gasteiger partial charge in [-0.2, -0.15) is 0 Å². The molecule has 260 valence electrons. The van der Waals surface area contributed by atoms with Crippen LogP contribution in [-0.4, -0.2) is 101 Å². The number of amides is 3. The van der Waals surface area contributed by atoms with Gasteiger partial charge in [0.25, 0.3) is 0 Å². The number of benzene rings is 1. The standard InChI is InChI=1S/C36H55N5O5S/c1-25(2)18-32(42)34(44)30(20-27-14-10-7-11-15-27)38-36(46)31(22-29-23-47-24-37-29)39-35(45)28(19-26-12-8-6-9-13-26)21-33(43)41(5)17-16-40(3)4/h6,8-9,12-13,23-24,27-28,30-32,34,42,44H,1,7,10-11,14-22H2,2-5H3,(H,38,46)(H,39,45)/t28-,30+,31+,32+,34-/m1/s1. The van der Waals surface area contributed by atoms with E-state index in [1.54, 1.807) is 24.4 Å². The van der Waals surface area contributed by atoms with Gasteiger partial charge in [-0.15, -0.1) is 17.9 Å². The van der Waals surface area contributed by atoms with Crippen LogP contribution in [0, 0.1) is 11.8 Å². The molecule has 47 heavy (non-hydrogen) atoms. The number of hydrogen-bond donors (Lipinski definition) is 4. The minimum Gasteiger partial charge on any atom is -0.390 e. The Labute approximate surface area is 284 Å². The van der Waals surface area contributed by atoms with E-state index in [-0.39, 0.29) is 25.2 Å². The highest BCUT2D eigenvalue weighted by molar-refractivity contribution is 7.07.